The van der Waals surface area contributed by atoms with E-state index in [0.717, 1.165) is 27.0 Å². The van der Waals surface area contributed by atoms with Gasteiger partial charge < -0.3 is 15.4 Å². The number of halogens is 3. The highest BCUT2D eigenvalue weighted by molar-refractivity contribution is 9.10. The maximum atomic E-state index is 10.7. The predicted molar refractivity (Wildman–Crippen MR) is 130 cm³/mol. The van der Waals surface area contributed by atoms with Gasteiger partial charge in [0.05, 0.1) is 4.92 Å². The molecule has 3 aromatic rings. The minimum absolute atomic E-state index is 0. The highest BCUT2D eigenvalue weighted by Crippen LogP contribution is 2.25. The number of ether oxygens (including phenoxy) is 1. The summed E-state index contributed by atoms with van der Waals surface area (Å²) in [5.74, 6) is 0.800. The van der Waals surface area contributed by atoms with Gasteiger partial charge in [0.2, 0.25) is 0 Å². The molecule has 3 rings (SSSR count). The van der Waals surface area contributed by atoms with Crippen molar-refractivity contribution in [1.82, 2.24) is 5.32 Å². The number of hydrogen-bond acceptors (Lipinski definition) is 5. The van der Waals surface area contributed by atoms with Gasteiger partial charge in [-0.3, -0.25) is 10.1 Å². The van der Waals surface area contributed by atoms with Crippen molar-refractivity contribution in [3.05, 3.63) is 97.5 Å². The molecule has 0 unspecified atom stereocenters. The van der Waals surface area contributed by atoms with Crippen LogP contribution in [0.5, 0.6) is 5.75 Å². The molecule has 0 heterocycles. The SMILES string of the molecule is Cl.O=[N+]([O-])c1ccc(NCCNCc2cc(Br)ccc2OCc2ccccc2Cl)cc1. The van der Waals surface area contributed by atoms with Gasteiger partial charge in [0.15, 0.2) is 0 Å². The van der Waals surface area contributed by atoms with Crippen molar-refractivity contribution in [3.63, 3.8) is 0 Å². The fraction of sp³-hybridized carbons (Fsp3) is 0.182. The summed E-state index contributed by atoms with van der Waals surface area (Å²) >= 11 is 9.72. The maximum absolute atomic E-state index is 10.7. The fourth-order valence-electron chi connectivity index (χ4n) is 2.82. The van der Waals surface area contributed by atoms with E-state index in [2.05, 4.69) is 26.6 Å². The fourth-order valence-corrected chi connectivity index (χ4v) is 3.42. The second-order valence-electron chi connectivity index (χ2n) is 6.54. The van der Waals surface area contributed by atoms with Gasteiger partial charge in [0, 0.05) is 58.1 Å². The van der Waals surface area contributed by atoms with Crippen molar-refractivity contribution in [2.45, 2.75) is 13.2 Å². The minimum Gasteiger partial charge on any atom is -0.489 e. The van der Waals surface area contributed by atoms with Crippen LogP contribution in [0.3, 0.4) is 0 Å². The molecule has 3 aromatic carbocycles. The van der Waals surface area contributed by atoms with Gasteiger partial charge >= 0.3 is 0 Å². The lowest BCUT2D eigenvalue weighted by Crippen LogP contribution is -2.22. The summed E-state index contributed by atoms with van der Waals surface area (Å²) in [6, 6.07) is 19.9. The van der Waals surface area contributed by atoms with E-state index in [1.165, 1.54) is 12.1 Å². The zero-order valence-electron chi connectivity index (χ0n) is 16.5. The standard InChI is InChI=1S/C22H21BrClN3O3.ClH/c23-18-5-10-22(30-15-16-3-1-2-4-21(16)24)17(13-18)14-25-11-12-26-19-6-8-20(9-7-19)27(28)29;/h1-10,13,25-26H,11-12,14-15H2;1H. The first-order valence-corrected chi connectivity index (χ1v) is 10.5. The van der Waals surface area contributed by atoms with E-state index in [-0.39, 0.29) is 18.1 Å². The van der Waals surface area contributed by atoms with E-state index in [9.17, 15) is 10.1 Å². The third-order valence-corrected chi connectivity index (χ3v) is 5.25. The molecule has 0 fully saturated rings. The van der Waals surface area contributed by atoms with E-state index >= 15 is 0 Å². The summed E-state index contributed by atoms with van der Waals surface area (Å²) in [6.07, 6.45) is 0. The quantitative estimate of drug-likeness (QED) is 0.186. The molecule has 0 bridgehead atoms. The number of non-ortho nitro benzene ring substituents is 1. The van der Waals surface area contributed by atoms with Crippen molar-refractivity contribution >= 4 is 51.3 Å². The molecule has 31 heavy (non-hydrogen) atoms. The van der Waals surface area contributed by atoms with Crippen LogP contribution in [0.4, 0.5) is 11.4 Å². The molecule has 0 aromatic heterocycles. The molecule has 0 aliphatic carbocycles. The molecule has 0 saturated carbocycles. The highest BCUT2D eigenvalue weighted by atomic mass is 79.9. The minimum atomic E-state index is -0.408. The lowest BCUT2D eigenvalue weighted by molar-refractivity contribution is -0.384. The second kappa shape index (κ2) is 12.5. The Morgan fingerprint density at radius 2 is 1.74 bits per heavy atom. The molecule has 9 heteroatoms. The molecule has 0 atom stereocenters. The Hall–Kier alpha value is -2.32. The van der Waals surface area contributed by atoms with Gasteiger partial charge in [-0.05, 0) is 36.4 Å². The van der Waals surface area contributed by atoms with Gasteiger partial charge in [-0.1, -0.05) is 45.7 Å². The molecule has 0 aliphatic rings. The van der Waals surface area contributed by atoms with Crippen LogP contribution in [0.1, 0.15) is 11.1 Å². The average molecular weight is 527 g/mol. The van der Waals surface area contributed by atoms with E-state index in [4.69, 9.17) is 16.3 Å². The second-order valence-corrected chi connectivity index (χ2v) is 7.86. The Morgan fingerprint density at radius 1 is 1.00 bits per heavy atom. The lowest BCUT2D eigenvalue weighted by atomic mass is 10.2. The zero-order chi connectivity index (χ0) is 21.3. The summed E-state index contributed by atoms with van der Waals surface area (Å²) in [7, 11) is 0. The number of nitro groups is 1. The summed E-state index contributed by atoms with van der Waals surface area (Å²) in [4.78, 5) is 10.3. The summed E-state index contributed by atoms with van der Waals surface area (Å²) in [5, 5.41) is 18.0. The first-order valence-electron chi connectivity index (χ1n) is 9.36. The van der Waals surface area contributed by atoms with Gasteiger partial charge in [0.25, 0.3) is 5.69 Å². The van der Waals surface area contributed by atoms with Crippen LogP contribution in [0.15, 0.2) is 71.2 Å². The Labute approximate surface area is 200 Å². The summed E-state index contributed by atoms with van der Waals surface area (Å²) in [6.45, 7) is 2.43. The number of anilines is 1. The Bertz CT molecular complexity index is 1000. The molecule has 6 nitrogen and oxygen atoms in total. The molecule has 0 radical (unpaired) electrons. The monoisotopic (exact) mass is 525 g/mol. The molecule has 164 valence electrons. The molecular weight excluding hydrogens is 505 g/mol. The van der Waals surface area contributed by atoms with E-state index < -0.39 is 4.92 Å². The van der Waals surface area contributed by atoms with Crippen LogP contribution < -0.4 is 15.4 Å². The van der Waals surface area contributed by atoms with Crippen molar-refractivity contribution in [1.29, 1.82) is 0 Å². The summed E-state index contributed by atoms with van der Waals surface area (Å²) in [5.41, 5.74) is 2.89. The van der Waals surface area contributed by atoms with Crippen molar-refractivity contribution in [2.75, 3.05) is 18.4 Å². The van der Waals surface area contributed by atoms with E-state index in [1.54, 1.807) is 12.1 Å². The number of nitrogens with one attached hydrogen (secondary N) is 2. The van der Waals surface area contributed by atoms with Crippen LogP contribution in [0.2, 0.25) is 5.02 Å². The van der Waals surface area contributed by atoms with Crippen LogP contribution >= 0.6 is 39.9 Å². The Kier molecular flexibility index (Phi) is 10.1. The van der Waals surface area contributed by atoms with Crippen LogP contribution in [-0.2, 0) is 13.2 Å². The maximum Gasteiger partial charge on any atom is 0.269 e. The van der Waals surface area contributed by atoms with Gasteiger partial charge in [0.1, 0.15) is 12.4 Å². The van der Waals surface area contributed by atoms with Crippen LogP contribution in [0.25, 0.3) is 0 Å². The Balaban J connectivity index is 0.00000341. The number of benzene rings is 3. The molecule has 2 N–H and O–H groups in total. The third kappa shape index (κ3) is 7.70. The smallest absolute Gasteiger partial charge is 0.269 e. The van der Waals surface area contributed by atoms with E-state index in [0.29, 0.717) is 31.3 Å². The van der Waals surface area contributed by atoms with Crippen molar-refractivity contribution < 1.29 is 9.66 Å². The first-order chi connectivity index (χ1) is 14.5. The number of nitro benzene ring substituents is 1. The largest absolute Gasteiger partial charge is 0.489 e. The number of hydrogen-bond donors (Lipinski definition) is 2. The average Bonchev–Trinajstić information content (AvgIpc) is 2.74. The summed E-state index contributed by atoms with van der Waals surface area (Å²) < 4.78 is 6.98. The third-order valence-electron chi connectivity index (χ3n) is 4.39. The topological polar surface area (TPSA) is 76.4 Å². The number of nitrogens with zero attached hydrogens (tertiary/aromatic N) is 1. The molecule has 0 saturated heterocycles. The molecule has 0 amide bonds. The molecule has 0 spiro atoms. The highest BCUT2D eigenvalue weighted by Gasteiger charge is 2.07. The van der Waals surface area contributed by atoms with Gasteiger partial charge in [-0.2, -0.15) is 0 Å². The van der Waals surface area contributed by atoms with Gasteiger partial charge in [-0.15, -0.1) is 12.4 Å². The normalized spacial score (nSPS) is 10.3. The zero-order valence-corrected chi connectivity index (χ0v) is 19.7. The lowest BCUT2D eigenvalue weighted by Gasteiger charge is -2.14. The predicted octanol–water partition coefficient (Wildman–Crippen LogP) is 6.21. The van der Waals surface area contributed by atoms with E-state index in [1.807, 2.05) is 42.5 Å². The van der Waals surface area contributed by atoms with Crippen molar-refractivity contribution in [2.24, 2.45) is 0 Å². The van der Waals surface area contributed by atoms with Crippen LogP contribution in [0, 0.1) is 10.1 Å². The van der Waals surface area contributed by atoms with Crippen molar-refractivity contribution in [3.8, 4) is 5.75 Å². The molecular formula is C22H22BrCl2N3O3. The number of rotatable bonds is 10. The first kappa shape index (κ1) is 24.9. The Morgan fingerprint density at radius 3 is 2.45 bits per heavy atom. The molecule has 0 aliphatic heterocycles. The van der Waals surface area contributed by atoms with Gasteiger partial charge in [-0.25, -0.2) is 0 Å². The van der Waals surface area contributed by atoms with Crippen LogP contribution in [-0.4, -0.2) is 18.0 Å².